The summed E-state index contributed by atoms with van der Waals surface area (Å²) in [5, 5.41) is 1.52. The Morgan fingerprint density at radius 3 is 2.42 bits per heavy atom. The van der Waals surface area contributed by atoms with Crippen LogP contribution in [0.3, 0.4) is 0 Å². The summed E-state index contributed by atoms with van der Waals surface area (Å²) < 4.78 is 0. The van der Waals surface area contributed by atoms with Gasteiger partial charge in [0.2, 0.25) is 0 Å². The van der Waals surface area contributed by atoms with Gasteiger partial charge in [-0.05, 0) is 18.4 Å². The molecule has 0 saturated carbocycles. The molecule has 0 aromatic heterocycles. The van der Waals surface area contributed by atoms with Crippen LogP contribution in [0, 0.1) is 6.92 Å². The number of hydrogen-bond acceptors (Lipinski definition) is 0. The molecule has 2 heteroatoms. The Hall–Kier alpha value is 0.0800. The summed E-state index contributed by atoms with van der Waals surface area (Å²) in [6, 6.07) is 8.93. The molecule has 0 aliphatic carbocycles. The van der Waals surface area contributed by atoms with E-state index in [1.54, 1.807) is 0 Å². The van der Waals surface area contributed by atoms with Crippen LogP contribution < -0.4 is 5.30 Å². The fourth-order valence-electron chi connectivity index (χ4n) is 0.926. The summed E-state index contributed by atoms with van der Waals surface area (Å²) in [6.07, 6.45) is 2.73. The maximum atomic E-state index is 2.26. The lowest BCUT2D eigenvalue weighted by atomic mass is 10.2. The maximum absolute atomic E-state index is 2.26. The van der Waals surface area contributed by atoms with Crippen molar-refractivity contribution < 1.29 is 0 Å². The Balaban J connectivity index is 2.37. The fourth-order valence-corrected chi connectivity index (χ4v) is 4.08. The van der Waals surface area contributed by atoms with E-state index in [0.29, 0.717) is 0 Å². The quantitative estimate of drug-likeness (QED) is 0.514. The van der Waals surface area contributed by atoms with Crippen LogP contribution in [0.15, 0.2) is 24.3 Å². The molecule has 1 aromatic rings. The number of rotatable bonds is 4. The van der Waals surface area contributed by atoms with E-state index in [9.17, 15) is 0 Å². The molecule has 0 aliphatic rings. The van der Waals surface area contributed by atoms with E-state index >= 15 is 0 Å². The largest absolute Gasteiger partial charge is 0.0946 e. The van der Waals surface area contributed by atoms with Crippen molar-refractivity contribution in [2.45, 2.75) is 20.3 Å². The molecule has 12 heavy (non-hydrogen) atoms. The first kappa shape index (κ1) is 10.2. The third-order valence-electron chi connectivity index (χ3n) is 1.66. The SMILES string of the molecule is CCCPPc1ccc(C)cc1. The third kappa shape index (κ3) is 3.65. The topological polar surface area (TPSA) is 0 Å². The van der Waals surface area contributed by atoms with Gasteiger partial charge < -0.3 is 0 Å². The molecule has 1 rings (SSSR count). The standard InChI is InChI=1S/C10H16P2/c1-3-8-11-12-10-6-4-9(2)5-7-10/h4-7,11-12H,3,8H2,1-2H3. The molecule has 0 saturated heterocycles. The van der Waals surface area contributed by atoms with E-state index in [-0.39, 0.29) is 0 Å². The molecule has 1 aromatic carbocycles. The van der Waals surface area contributed by atoms with Crippen molar-refractivity contribution in [3.05, 3.63) is 29.8 Å². The Labute approximate surface area is 78.6 Å². The summed E-state index contributed by atoms with van der Waals surface area (Å²) in [4.78, 5) is 0. The molecule has 0 aliphatic heterocycles. The fraction of sp³-hybridized carbons (Fsp3) is 0.400. The monoisotopic (exact) mass is 198 g/mol. The van der Waals surface area contributed by atoms with Crippen LogP contribution in [0.4, 0.5) is 0 Å². The van der Waals surface area contributed by atoms with Crippen LogP contribution in [-0.2, 0) is 0 Å². The van der Waals surface area contributed by atoms with Gasteiger partial charge in [0.1, 0.15) is 0 Å². The predicted molar refractivity (Wildman–Crippen MR) is 62.6 cm³/mol. The molecule has 0 radical (unpaired) electrons. The molecule has 0 fully saturated rings. The van der Waals surface area contributed by atoms with Crippen molar-refractivity contribution in [3.63, 3.8) is 0 Å². The molecule has 0 bridgehead atoms. The summed E-state index contributed by atoms with van der Waals surface area (Å²) in [5.41, 5.74) is 1.36. The zero-order valence-electron chi connectivity index (χ0n) is 7.72. The van der Waals surface area contributed by atoms with Gasteiger partial charge in [0.15, 0.2) is 0 Å². The zero-order chi connectivity index (χ0) is 8.81. The van der Waals surface area contributed by atoms with Gasteiger partial charge in [-0.15, -0.1) is 0 Å². The second-order valence-electron chi connectivity index (χ2n) is 2.92. The molecular formula is C10H16P2. The van der Waals surface area contributed by atoms with Crippen molar-refractivity contribution in [3.8, 4) is 0 Å². The molecule has 0 spiro atoms. The molecule has 0 nitrogen and oxygen atoms in total. The van der Waals surface area contributed by atoms with Crippen molar-refractivity contribution in [1.82, 2.24) is 0 Å². The Bertz CT molecular complexity index is 216. The van der Waals surface area contributed by atoms with Crippen molar-refractivity contribution in [1.29, 1.82) is 0 Å². The first-order valence-corrected chi connectivity index (χ1v) is 7.59. The van der Waals surface area contributed by atoms with E-state index < -0.39 is 0 Å². The summed E-state index contributed by atoms with van der Waals surface area (Å²) in [5.74, 6) is 0. The highest BCUT2D eigenvalue weighted by atomic mass is 32.0. The van der Waals surface area contributed by atoms with E-state index in [0.717, 1.165) is 16.5 Å². The van der Waals surface area contributed by atoms with Crippen molar-refractivity contribution >= 4 is 21.8 Å². The Kier molecular flexibility index (Phi) is 4.81. The normalized spacial score (nSPS) is 12.2. The van der Waals surface area contributed by atoms with Crippen LogP contribution in [-0.4, -0.2) is 6.16 Å². The molecule has 2 atom stereocenters. The highest BCUT2D eigenvalue weighted by Crippen LogP contribution is 2.35. The van der Waals surface area contributed by atoms with Gasteiger partial charge in [-0.1, -0.05) is 59.7 Å². The maximum Gasteiger partial charge on any atom is -0.0230 e. The molecule has 66 valence electrons. The first-order chi connectivity index (χ1) is 5.83. The average molecular weight is 198 g/mol. The van der Waals surface area contributed by atoms with Gasteiger partial charge in [0, 0.05) is 0 Å². The number of benzene rings is 1. The highest BCUT2D eigenvalue weighted by molar-refractivity contribution is 8.15. The second kappa shape index (κ2) is 5.68. The average Bonchev–Trinajstić information content (AvgIpc) is 2.09. The van der Waals surface area contributed by atoms with E-state index in [4.69, 9.17) is 0 Å². The van der Waals surface area contributed by atoms with Gasteiger partial charge in [-0.25, -0.2) is 0 Å². The minimum atomic E-state index is 1.04. The zero-order valence-corrected chi connectivity index (χ0v) is 9.72. The summed E-state index contributed by atoms with van der Waals surface area (Å²) in [6.45, 7) is 4.40. The first-order valence-electron chi connectivity index (χ1n) is 4.38. The Morgan fingerprint density at radius 2 is 1.83 bits per heavy atom. The van der Waals surface area contributed by atoms with E-state index in [2.05, 4.69) is 38.1 Å². The van der Waals surface area contributed by atoms with Gasteiger partial charge in [0.05, 0.1) is 0 Å². The lowest BCUT2D eigenvalue weighted by Crippen LogP contribution is -1.89. The number of hydrogen-bond donors (Lipinski definition) is 0. The van der Waals surface area contributed by atoms with Gasteiger partial charge >= 0.3 is 0 Å². The molecule has 2 unspecified atom stereocenters. The molecule has 0 heterocycles. The van der Waals surface area contributed by atoms with Crippen molar-refractivity contribution in [2.75, 3.05) is 6.16 Å². The Morgan fingerprint density at radius 1 is 1.17 bits per heavy atom. The smallest absolute Gasteiger partial charge is 0.0230 e. The van der Waals surface area contributed by atoms with Crippen LogP contribution in [0.5, 0.6) is 0 Å². The predicted octanol–water partition coefficient (Wildman–Crippen LogP) is 3.30. The summed E-state index contributed by atoms with van der Waals surface area (Å²) in [7, 11) is 2.17. The van der Waals surface area contributed by atoms with Crippen LogP contribution in [0.25, 0.3) is 0 Å². The summed E-state index contributed by atoms with van der Waals surface area (Å²) >= 11 is 0. The van der Waals surface area contributed by atoms with Crippen molar-refractivity contribution in [2.24, 2.45) is 0 Å². The van der Waals surface area contributed by atoms with E-state index in [1.807, 2.05) is 0 Å². The second-order valence-corrected chi connectivity index (χ2v) is 6.41. The van der Waals surface area contributed by atoms with E-state index in [1.165, 1.54) is 23.5 Å². The van der Waals surface area contributed by atoms with Crippen LogP contribution >= 0.6 is 16.5 Å². The third-order valence-corrected chi connectivity index (χ3v) is 5.35. The van der Waals surface area contributed by atoms with Gasteiger partial charge in [-0.2, -0.15) is 0 Å². The molecule has 0 N–H and O–H groups in total. The van der Waals surface area contributed by atoms with Gasteiger partial charge in [0.25, 0.3) is 0 Å². The minimum Gasteiger partial charge on any atom is -0.0946 e. The lowest BCUT2D eigenvalue weighted by Gasteiger charge is -2.00. The molecule has 0 amide bonds. The van der Waals surface area contributed by atoms with Crippen LogP contribution in [0.1, 0.15) is 18.9 Å². The lowest BCUT2D eigenvalue weighted by molar-refractivity contribution is 1.11. The number of aryl methyl sites for hydroxylation is 1. The minimum absolute atomic E-state index is 1.04. The van der Waals surface area contributed by atoms with Crippen LogP contribution in [0.2, 0.25) is 0 Å². The van der Waals surface area contributed by atoms with Gasteiger partial charge in [-0.3, -0.25) is 0 Å². The molecular weight excluding hydrogens is 182 g/mol. The highest BCUT2D eigenvalue weighted by Gasteiger charge is 1.90.